The SMILES string of the molecule is OC/N=C/c1ccc(OCc2ccc(F)cc2)cc1. The molecule has 0 fully saturated rings. The molecule has 0 heterocycles. The lowest BCUT2D eigenvalue weighted by Gasteiger charge is -2.06. The van der Waals surface area contributed by atoms with Crippen molar-refractivity contribution >= 4 is 6.21 Å². The molecule has 0 spiro atoms. The van der Waals surface area contributed by atoms with Crippen molar-refractivity contribution < 1.29 is 14.2 Å². The number of aliphatic hydroxyl groups is 1. The van der Waals surface area contributed by atoms with E-state index in [1.807, 2.05) is 24.3 Å². The summed E-state index contributed by atoms with van der Waals surface area (Å²) in [6.45, 7) is 0.174. The summed E-state index contributed by atoms with van der Waals surface area (Å²) in [5.74, 6) is 0.474. The number of aliphatic imine (C=N–C) groups is 1. The quantitative estimate of drug-likeness (QED) is 0.839. The molecule has 0 saturated carbocycles. The molecule has 0 amide bonds. The number of halogens is 1. The van der Waals surface area contributed by atoms with Crippen LogP contribution in [-0.2, 0) is 6.61 Å². The Hall–Kier alpha value is -2.20. The van der Waals surface area contributed by atoms with E-state index in [1.54, 1.807) is 18.3 Å². The highest BCUT2D eigenvalue weighted by Crippen LogP contribution is 2.13. The van der Waals surface area contributed by atoms with Gasteiger partial charge in [-0.1, -0.05) is 12.1 Å². The molecule has 0 radical (unpaired) electrons. The summed E-state index contributed by atoms with van der Waals surface area (Å²) in [5.41, 5.74) is 1.80. The summed E-state index contributed by atoms with van der Waals surface area (Å²) >= 11 is 0. The molecule has 2 aromatic carbocycles. The van der Waals surface area contributed by atoms with E-state index in [0.29, 0.717) is 6.61 Å². The molecule has 2 aromatic rings. The first-order valence-electron chi connectivity index (χ1n) is 5.86. The molecular formula is C15H14FNO2. The molecule has 0 aromatic heterocycles. The Kier molecular flexibility index (Phi) is 4.64. The van der Waals surface area contributed by atoms with Crippen LogP contribution >= 0.6 is 0 Å². The van der Waals surface area contributed by atoms with Gasteiger partial charge in [0.05, 0.1) is 0 Å². The first-order chi connectivity index (χ1) is 9.28. The van der Waals surface area contributed by atoms with Gasteiger partial charge >= 0.3 is 0 Å². The maximum atomic E-state index is 12.7. The van der Waals surface area contributed by atoms with Crippen molar-refractivity contribution in [3.05, 3.63) is 65.5 Å². The number of rotatable bonds is 5. The molecule has 4 heteroatoms. The van der Waals surface area contributed by atoms with Crippen molar-refractivity contribution in [2.24, 2.45) is 4.99 Å². The van der Waals surface area contributed by atoms with Gasteiger partial charge in [0, 0.05) is 6.21 Å². The van der Waals surface area contributed by atoms with Crippen LogP contribution in [0.1, 0.15) is 11.1 Å². The molecule has 98 valence electrons. The highest BCUT2D eigenvalue weighted by molar-refractivity contribution is 5.79. The van der Waals surface area contributed by atoms with Crippen LogP contribution in [0.25, 0.3) is 0 Å². The number of hydrogen-bond acceptors (Lipinski definition) is 3. The summed E-state index contributed by atoms with van der Waals surface area (Å²) in [5, 5.41) is 8.56. The standard InChI is InChI=1S/C15H14FNO2/c16-14-5-1-13(2-6-14)10-19-15-7-3-12(4-8-15)9-17-11-18/h1-9,18H,10-11H2/b17-9+. The summed E-state index contributed by atoms with van der Waals surface area (Å²) in [7, 11) is 0. The Balaban J connectivity index is 1.92. The van der Waals surface area contributed by atoms with E-state index >= 15 is 0 Å². The Morgan fingerprint density at radius 2 is 1.74 bits per heavy atom. The molecule has 0 atom stereocenters. The molecule has 3 nitrogen and oxygen atoms in total. The first-order valence-corrected chi connectivity index (χ1v) is 5.86. The van der Waals surface area contributed by atoms with Crippen LogP contribution in [0.15, 0.2) is 53.5 Å². The first kappa shape index (κ1) is 13.2. The smallest absolute Gasteiger partial charge is 0.134 e. The van der Waals surface area contributed by atoms with Crippen LogP contribution in [0.2, 0.25) is 0 Å². The molecule has 0 saturated heterocycles. The molecule has 2 rings (SSSR count). The number of benzene rings is 2. The van der Waals surface area contributed by atoms with Gasteiger partial charge in [0.15, 0.2) is 0 Å². The lowest BCUT2D eigenvalue weighted by atomic mass is 10.2. The Morgan fingerprint density at radius 1 is 1.05 bits per heavy atom. The molecular weight excluding hydrogens is 245 g/mol. The van der Waals surface area contributed by atoms with Gasteiger partial charge in [-0.3, -0.25) is 4.99 Å². The molecule has 1 N–H and O–H groups in total. The van der Waals surface area contributed by atoms with E-state index < -0.39 is 0 Å². The Morgan fingerprint density at radius 3 is 2.37 bits per heavy atom. The minimum absolute atomic E-state index is 0.219. The second kappa shape index (κ2) is 6.66. The zero-order chi connectivity index (χ0) is 13.5. The zero-order valence-corrected chi connectivity index (χ0v) is 10.3. The second-order valence-electron chi connectivity index (χ2n) is 3.94. The maximum absolute atomic E-state index is 12.7. The third-order valence-corrected chi connectivity index (χ3v) is 2.52. The van der Waals surface area contributed by atoms with Crippen molar-refractivity contribution in [1.29, 1.82) is 0 Å². The Labute approximate surface area is 111 Å². The molecule has 0 aliphatic heterocycles. The van der Waals surface area contributed by atoms with Gasteiger partial charge in [-0.2, -0.15) is 0 Å². The number of aliphatic hydroxyl groups excluding tert-OH is 1. The highest BCUT2D eigenvalue weighted by atomic mass is 19.1. The molecule has 0 bridgehead atoms. The van der Waals surface area contributed by atoms with Gasteiger partial charge in [-0.05, 0) is 47.5 Å². The predicted molar refractivity (Wildman–Crippen MR) is 71.9 cm³/mol. The van der Waals surface area contributed by atoms with Crippen molar-refractivity contribution in [2.75, 3.05) is 6.73 Å². The number of hydrogen-bond donors (Lipinski definition) is 1. The summed E-state index contributed by atoms with van der Waals surface area (Å²) in [4.78, 5) is 3.73. The van der Waals surface area contributed by atoms with Gasteiger partial charge < -0.3 is 9.84 Å². The van der Waals surface area contributed by atoms with Crippen molar-refractivity contribution in [2.45, 2.75) is 6.61 Å². The van der Waals surface area contributed by atoms with Gasteiger partial charge in [-0.25, -0.2) is 4.39 Å². The van der Waals surface area contributed by atoms with Crippen LogP contribution < -0.4 is 4.74 Å². The summed E-state index contributed by atoms with van der Waals surface area (Å²) < 4.78 is 18.3. The zero-order valence-electron chi connectivity index (χ0n) is 10.3. The average molecular weight is 259 g/mol. The number of ether oxygens (including phenoxy) is 1. The third-order valence-electron chi connectivity index (χ3n) is 2.52. The van der Waals surface area contributed by atoms with Crippen LogP contribution in [0, 0.1) is 5.82 Å². The fourth-order valence-electron chi connectivity index (χ4n) is 1.54. The lowest BCUT2D eigenvalue weighted by molar-refractivity contribution is 0.306. The monoisotopic (exact) mass is 259 g/mol. The van der Waals surface area contributed by atoms with E-state index in [2.05, 4.69) is 4.99 Å². The van der Waals surface area contributed by atoms with Crippen LogP contribution in [0.5, 0.6) is 5.75 Å². The number of nitrogens with zero attached hydrogens (tertiary/aromatic N) is 1. The van der Waals surface area contributed by atoms with Crippen LogP contribution in [0.4, 0.5) is 4.39 Å². The Bertz CT molecular complexity index is 535. The van der Waals surface area contributed by atoms with Crippen LogP contribution in [0.3, 0.4) is 0 Å². The molecule has 19 heavy (non-hydrogen) atoms. The van der Waals surface area contributed by atoms with E-state index in [4.69, 9.17) is 9.84 Å². The van der Waals surface area contributed by atoms with E-state index in [-0.39, 0.29) is 12.5 Å². The minimum Gasteiger partial charge on any atom is -0.489 e. The van der Waals surface area contributed by atoms with E-state index in [1.165, 1.54) is 12.1 Å². The normalized spacial score (nSPS) is 10.8. The third kappa shape index (κ3) is 4.19. The van der Waals surface area contributed by atoms with Crippen LogP contribution in [-0.4, -0.2) is 18.1 Å². The van der Waals surface area contributed by atoms with Crippen molar-refractivity contribution in [1.82, 2.24) is 0 Å². The average Bonchev–Trinajstić information content (AvgIpc) is 2.46. The van der Waals surface area contributed by atoms with E-state index in [0.717, 1.165) is 16.9 Å². The second-order valence-corrected chi connectivity index (χ2v) is 3.94. The molecule has 0 aliphatic carbocycles. The molecule has 0 unspecified atom stereocenters. The predicted octanol–water partition coefficient (Wildman–Crippen LogP) is 2.77. The fraction of sp³-hybridized carbons (Fsp3) is 0.133. The summed E-state index contributed by atoms with van der Waals surface area (Å²) in [6, 6.07) is 13.5. The molecule has 0 aliphatic rings. The largest absolute Gasteiger partial charge is 0.489 e. The maximum Gasteiger partial charge on any atom is 0.134 e. The van der Waals surface area contributed by atoms with Gasteiger partial charge in [0.25, 0.3) is 0 Å². The minimum atomic E-state index is -0.253. The fourth-order valence-corrected chi connectivity index (χ4v) is 1.54. The lowest BCUT2D eigenvalue weighted by Crippen LogP contribution is -1.95. The van der Waals surface area contributed by atoms with Gasteiger partial charge in [0.2, 0.25) is 0 Å². The topological polar surface area (TPSA) is 41.8 Å². The van der Waals surface area contributed by atoms with Crippen molar-refractivity contribution in [3.63, 3.8) is 0 Å². The van der Waals surface area contributed by atoms with Gasteiger partial charge in [-0.15, -0.1) is 0 Å². The highest BCUT2D eigenvalue weighted by Gasteiger charge is 1.97. The van der Waals surface area contributed by atoms with Crippen molar-refractivity contribution in [3.8, 4) is 5.75 Å². The summed E-state index contributed by atoms with van der Waals surface area (Å²) in [6.07, 6.45) is 1.59. The van der Waals surface area contributed by atoms with E-state index in [9.17, 15) is 4.39 Å². The van der Waals surface area contributed by atoms with Gasteiger partial charge in [0.1, 0.15) is 24.9 Å².